The zero-order chi connectivity index (χ0) is 23.4. The molecular formula is C25H44O4. The van der Waals surface area contributed by atoms with Gasteiger partial charge in [-0.05, 0) is 86.0 Å². The van der Waals surface area contributed by atoms with E-state index >= 15 is 0 Å². The van der Waals surface area contributed by atoms with Gasteiger partial charge < -0.3 is 0 Å². The molecule has 168 valence electrons. The molecule has 0 aliphatic carbocycles. The fourth-order valence-electron chi connectivity index (χ4n) is 1.28. The van der Waals surface area contributed by atoms with E-state index in [0.717, 1.165) is 23.1 Å². The lowest BCUT2D eigenvalue weighted by Gasteiger charge is -1.89. The molecule has 0 saturated carbocycles. The van der Waals surface area contributed by atoms with Gasteiger partial charge in [-0.25, -0.2) is 0 Å². The summed E-state index contributed by atoms with van der Waals surface area (Å²) in [5.41, 5.74) is 3.54. The summed E-state index contributed by atoms with van der Waals surface area (Å²) < 4.78 is 0. The maximum atomic E-state index is 10.3. The van der Waals surface area contributed by atoms with Gasteiger partial charge in [0.2, 0.25) is 0 Å². The van der Waals surface area contributed by atoms with Crippen molar-refractivity contribution in [3.05, 3.63) is 47.6 Å². The van der Waals surface area contributed by atoms with Crippen molar-refractivity contribution in [3.63, 3.8) is 0 Å². The third-order valence-corrected chi connectivity index (χ3v) is 2.96. The summed E-state index contributed by atoms with van der Waals surface area (Å²) in [7, 11) is 0. The lowest BCUT2D eigenvalue weighted by atomic mass is 10.2. The summed E-state index contributed by atoms with van der Waals surface area (Å²) in [5, 5.41) is 0. The Morgan fingerprint density at radius 3 is 1.21 bits per heavy atom. The van der Waals surface area contributed by atoms with E-state index in [2.05, 4.69) is 13.2 Å². The molecule has 0 amide bonds. The van der Waals surface area contributed by atoms with Crippen LogP contribution in [0.1, 0.15) is 89.5 Å². The molecule has 0 heterocycles. The fraction of sp³-hybridized carbons (Fsp3) is 0.520. The predicted molar refractivity (Wildman–Crippen MR) is 127 cm³/mol. The summed E-state index contributed by atoms with van der Waals surface area (Å²) >= 11 is 0. The summed E-state index contributed by atoms with van der Waals surface area (Å²) in [6, 6.07) is 0. The number of allylic oxidation sites excluding steroid dienone is 6. The molecule has 0 aromatic carbocycles. The summed E-state index contributed by atoms with van der Waals surface area (Å²) in [5.74, 6) is 0.567. The van der Waals surface area contributed by atoms with Crippen LogP contribution >= 0.6 is 0 Å². The Bertz CT molecular complexity index is 586. The molecule has 0 N–H and O–H groups in total. The van der Waals surface area contributed by atoms with Gasteiger partial charge in [0.25, 0.3) is 0 Å². The van der Waals surface area contributed by atoms with Gasteiger partial charge in [0.1, 0.15) is 5.78 Å². The Morgan fingerprint density at radius 1 is 0.793 bits per heavy atom. The van der Waals surface area contributed by atoms with Gasteiger partial charge >= 0.3 is 0 Å². The molecule has 0 radical (unpaired) electrons. The Kier molecular flexibility index (Phi) is 30.5. The molecule has 0 rings (SSSR count). The van der Waals surface area contributed by atoms with Crippen LogP contribution in [0.4, 0.5) is 0 Å². The standard InChI is InChI=1S/4C6H10O.CH4/c2*1-5(2)4-6(3)7;2*1-4-5(2)6(3)7;/h4H,1-3H3;1,4H2,2-3H3;4H,1-3H3;2,4H2,1,3H3;1H4/b;;5-4-;;. The molecule has 0 aliphatic rings. The van der Waals surface area contributed by atoms with Gasteiger partial charge in [-0.15, -0.1) is 0 Å². The SMILES string of the molecule is C.C/C=C(/C)C(C)=O.C=C(C)CC(C)=O.C=C(CC)C(C)=O.CC(=O)C=C(C)C. The van der Waals surface area contributed by atoms with Crippen molar-refractivity contribution >= 4 is 23.1 Å². The van der Waals surface area contributed by atoms with E-state index in [9.17, 15) is 19.2 Å². The molecule has 0 aromatic rings. The van der Waals surface area contributed by atoms with Gasteiger partial charge in [0, 0.05) is 6.42 Å². The van der Waals surface area contributed by atoms with E-state index in [1.807, 2.05) is 47.6 Å². The minimum absolute atomic E-state index is 0. The molecule has 4 nitrogen and oxygen atoms in total. The highest BCUT2D eigenvalue weighted by molar-refractivity contribution is 5.92. The smallest absolute Gasteiger partial charge is 0.155 e. The number of Topliss-reactive ketones (excluding diaryl/α,β-unsaturated/α-hetero) is 3. The lowest BCUT2D eigenvalue weighted by molar-refractivity contribution is -0.116. The van der Waals surface area contributed by atoms with Crippen LogP contribution in [-0.4, -0.2) is 23.1 Å². The number of hydrogen-bond donors (Lipinski definition) is 0. The fourth-order valence-corrected chi connectivity index (χ4v) is 1.28. The number of carbonyl (C=O) groups excluding carboxylic acids is 4. The van der Waals surface area contributed by atoms with Crippen molar-refractivity contribution in [1.29, 1.82) is 0 Å². The largest absolute Gasteiger partial charge is 0.300 e. The second-order valence-electron chi connectivity index (χ2n) is 6.71. The zero-order valence-corrected chi connectivity index (χ0v) is 19.6. The summed E-state index contributed by atoms with van der Waals surface area (Å²) in [4.78, 5) is 41.0. The maximum absolute atomic E-state index is 10.3. The van der Waals surface area contributed by atoms with Gasteiger partial charge in [-0.3, -0.25) is 19.2 Å². The van der Waals surface area contributed by atoms with Gasteiger partial charge in [0.05, 0.1) is 0 Å². The van der Waals surface area contributed by atoms with E-state index < -0.39 is 0 Å². The molecule has 29 heavy (non-hydrogen) atoms. The highest BCUT2D eigenvalue weighted by atomic mass is 16.1. The Labute approximate surface area is 179 Å². The first-order valence-electron chi connectivity index (χ1n) is 9.23. The molecule has 0 saturated heterocycles. The predicted octanol–water partition coefficient (Wildman–Crippen LogP) is 6.80. The Balaban J connectivity index is -0.0000000873. The first-order chi connectivity index (χ1) is 12.6. The highest BCUT2D eigenvalue weighted by Gasteiger charge is 1.92. The number of rotatable bonds is 6. The average molecular weight is 409 g/mol. The van der Waals surface area contributed by atoms with Crippen LogP contribution in [0.5, 0.6) is 0 Å². The van der Waals surface area contributed by atoms with Crippen LogP contribution in [0.15, 0.2) is 47.6 Å². The maximum Gasteiger partial charge on any atom is 0.155 e. The number of carbonyl (C=O) groups is 4. The van der Waals surface area contributed by atoms with Crippen LogP contribution in [0.2, 0.25) is 0 Å². The molecule has 0 unspecified atom stereocenters. The van der Waals surface area contributed by atoms with Crippen molar-refractivity contribution in [3.8, 4) is 0 Å². The second-order valence-corrected chi connectivity index (χ2v) is 6.71. The van der Waals surface area contributed by atoms with Crippen LogP contribution in [-0.2, 0) is 19.2 Å². The molecule has 0 aliphatic heterocycles. The molecule has 0 bridgehead atoms. The first-order valence-corrected chi connectivity index (χ1v) is 9.23. The summed E-state index contributed by atoms with van der Waals surface area (Å²) in [6.45, 7) is 24.6. The molecular weight excluding hydrogens is 364 g/mol. The van der Waals surface area contributed by atoms with Crippen LogP contribution in [0.3, 0.4) is 0 Å². The number of ketones is 4. The quantitative estimate of drug-likeness (QED) is 0.358. The first kappa shape index (κ1) is 37.4. The van der Waals surface area contributed by atoms with E-state index in [0.29, 0.717) is 12.0 Å². The van der Waals surface area contributed by atoms with Crippen molar-refractivity contribution in [1.82, 2.24) is 0 Å². The van der Waals surface area contributed by atoms with Gasteiger partial charge in [-0.1, -0.05) is 44.7 Å². The van der Waals surface area contributed by atoms with E-state index in [1.54, 1.807) is 26.8 Å². The third-order valence-electron chi connectivity index (χ3n) is 2.96. The van der Waals surface area contributed by atoms with Crippen molar-refractivity contribution in [2.24, 2.45) is 0 Å². The molecule has 0 aromatic heterocycles. The minimum Gasteiger partial charge on any atom is -0.300 e. The average Bonchev–Trinajstić information content (AvgIpc) is 2.52. The van der Waals surface area contributed by atoms with Crippen molar-refractivity contribution < 1.29 is 19.2 Å². The minimum atomic E-state index is 0. The highest BCUT2D eigenvalue weighted by Crippen LogP contribution is 1.95. The van der Waals surface area contributed by atoms with Crippen LogP contribution < -0.4 is 0 Å². The van der Waals surface area contributed by atoms with Crippen molar-refractivity contribution in [2.75, 3.05) is 0 Å². The molecule has 0 fully saturated rings. The summed E-state index contributed by atoms with van der Waals surface area (Å²) in [6.07, 6.45) is 4.72. The van der Waals surface area contributed by atoms with Gasteiger partial charge in [-0.2, -0.15) is 0 Å². The van der Waals surface area contributed by atoms with E-state index in [1.165, 1.54) is 6.92 Å². The van der Waals surface area contributed by atoms with Crippen LogP contribution in [0.25, 0.3) is 0 Å². The van der Waals surface area contributed by atoms with Crippen LogP contribution in [0, 0.1) is 0 Å². The Morgan fingerprint density at radius 2 is 1.21 bits per heavy atom. The van der Waals surface area contributed by atoms with Crippen molar-refractivity contribution in [2.45, 2.75) is 89.5 Å². The molecule has 4 heteroatoms. The monoisotopic (exact) mass is 408 g/mol. The normalized spacial score (nSPS) is 8.69. The number of hydrogen-bond acceptors (Lipinski definition) is 4. The molecule has 0 atom stereocenters. The second kappa shape index (κ2) is 23.7. The third kappa shape index (κ3) is 46.0. The topological polar surface area (TPSA) is 68.3 Å². The zero-order valence-electron chi connectivity index (χ0n) is 19.6. The Hall–Kier alpha value is -2.36. The lowest BCUT2D eigenvalue weighted by Crippen LogP contribution is -1.90. The molecule has 0 spiro atoms. The van der Waals surface area contributed by atoms with E-state index in [-0.39, 0.29) is 30.6 Å². The van der Waals surface area contributed by atoms with Gasteiger partial charge in [0.15, 0.2) is 17.3 Å². The van der Waals surface area contributed by atoms with E-state index in [4.69, 9.17) is 0 Å².